The maximum absolute atomic E-state index is 10.6. The van der Waals surface area contributed by atoms with E-state index in [9.17, 15) is 10.1 Å². The highest BCUT2D eigenvalue weighted by atomic mass is 35.5. The van der Waals surface area contributed by atoms with Crippen molar-refractivity contribution in [1.29, 1.82) is 0 Å². The van der Waals surface area contributed by atoms with E-state index in [0.29, 0.717) is 36.2 Å². The van der Waals surface area contributed by atoms with Crippen molar-refractivity contribution in [2.24, 2.45) is 0 Å². The molecule has 0 amide bonds. The van der Waals surface area contributed by atoms with Gasteiger partial charge >= 0.3 is 0 Å². The van der Waals surface area contributed by atoms with Crippen molar-refractivity contribution < 1.29 is 9.45 Å². The van der Waals surface area contributed by atoms with E-state index in [0.717, 1.165) is 6.20 Å². The minimum Gasteiger partial charge on any atom is -0.368 e. The summed E-state index contributed by atoms with van der Waals surface area (Å²) in [4.78, 5) is 22.4. The van der Waals surface area contributed by atoms with Gasteiger partial charge in [0.1, 0.15) is 17.7 Å². The van der Waals surface area contributed by atoms with Crippen LogP contribution in [0, 0.1) is 10.1 Å². The lowest BCUT2D eigenvalue weighted by atomic mass is 10.3. The summed E-state index contributed by atoms with van der Waals surface area (Å²) in [6.07, 6.45) is 3.25. The summed E-state index contributed by atoms with van der Waals surface area (Å²) in [5.41, 5.74) is 0.438. The first-order valence-electron chi connectivity index (χ1n) is 6.91. The Balaban J connectivity index is 1.59. The van der Waals surface area contributed by atoms with Gasteiger partial charge in [-0.3, -0.25) is 15.1 Å². The molecule has 1 N–H and O–H groups in total. The van der Waals surface area contributed by atoms with Gasteiger partial charge in [0.25, 0.3) is 11.6 Å². The highest BCUT2D eigenvalue weighted by molar-refractivity contribution is 6.33. The molecule has 0 bridgehead atoms. The first kappa shape index (κ1) is 15.8. The maximum atomic E-state index is 10.6. The van der Waals surface area contributed by atoms with Crippen LogP contribution in [0.1, 0.15) is 5.82 Å². The summed E-state index contributed by atoms with van der Waals surface area (Å²) >= 11 is 5.95. The molecule has 3 rings (SSSR count). The van der Waals surface area contributed by atoms with Crippen molar-refractivity contribution in [3.8, 4) is 11.6 Å². The van der Waals surface area contributed by atoms with Gasteiger partial charge in [-0.2, -0.15) is 4.98 Å². The molecule has 0 fully saturated rings. The van der Waals surface area contributed by atoms with Gasteiger partial charge in [-0.05, 0) is 12.1 Å². The molecule has 0 aromatic carbocycles. The largest absolute Gasteiger partial charge is 0.368 e. The quantitative estimate of drug-likeness (QED) is 0.534. The van der Waals surface area contributed by atoms with Crippen LogP contribution in [-0.4, -0.2) is 31.6 Å². The smallest absolute Gasteiger partial charge is 0.289 e. The summed E-state index contributed by atoms with van der Waals surface area (Å²) in [6.45, 7) is 0.436. The first-order chi connectivity index (χ1) is 11.6. The van der Waals surface area contributed by atoms with Gasteiger partial charge in [0.15, 0.2) is 5.82 Å². The van der Waals surface area contributed by atoms with Gasteiger partial charge < -0.3 is 9.84 Å². The second kappa shape index (κ2) is 7.01. The molecule has 0 atom stereocenters. The van der Waals surface area contributed by atoms with Crippen LogP contribution in [0.4, 0.5) is 11.5 Å². The van der Waals surface area contributed by atoms with Gasteiger partial charge in [-0.1, -0.05) is 22.8 Å². The molecule has 0 spiro atoms. The molecule has 122 valence electrons. The van der Waals surface area contributed by atoms with Crippen LogP contribution in [0.25, 0.3) is 11.6 Å². The Morgan fingerprint density at radius 1 is 1.33 bits per heavy atom. The molecule has 0 aliphatic rings. The van der Waals surface area contributed by atoms with E-state index in [-0.39, 0.29) is 10.7 Å². The topological polar surface area (TPSA) is 120 Å². The summed E-state index contributed by atoms with van der Waals surface area (Å²) in [5, 5.41) is 17.7. The van der Waals surface area contributed by atoms with Gasteiger partial charge in [-0.15, -0.1) is 0 Å². The van der Waals surface area contributed by atoms with Crippen LogP contribution >= 0.6 is 11.6 Å². The zero-order valence-corrected chi connectivity index (χ0v) is 13.0. The van der Waals surface area contributed by atoms with Crippen molar-refractivity contribution in [3.63, 3.8) is 0 Å². The maximum Gasteiger partial charge on any atom is 0.289 e. The zero-order chi connectivity index (χ0) is 16.9. The normalized spacial score (nSPS) is 10.5. The fourth-order valence-corrected chi connectivity index (χ4v) is 2.13. The Morgan fingerprint density at radius 2 is 2.21 bits per heavy atom. The molecule has 0 aliphatic heterocycles. The predicted molar refractivity (Wildman–Crippen MR) is 85.6 cm³/mol. The molecule has 0 saturated carbocycles. The molecule has 0 aliphatic carbocycles. The standard InChI is InChI=1S/C14H11ClN6O3/c15-10-7-9(21(22)23)8-18-13(10)17-6-4-12-19-14(24-20-12)11-3-1-2-5-16-11/h1-3,5,7-8H,4,6H2,(H,17,18). The number of halogens is 1. The van der Waals surface area contributed by atoms with Crippen molar-refractivity contribution >= 4 is 23.1 Å². The van der Waals surface area contributed by atoms with Crippen molar-refractivity contribution in [1.82, 2.24) is 20.1 Å². The Morgan fingerprint density at radius 3 is 2.92 bits per heavy atom. The Kier molecular flexibility index (Phi) is 4.62. The molecule has 0 radical (unpaired) electrons. The molecule has 10 heteroatoms. The second-order valence-electron chi connectivity index (χ2n) is 4.69. The molecule has 0 unspecified atom stereocenters. The monoisotopic (exact) mass is 346 g/mol. The fourth-order valence-electron chi connectivity index (χ4n) is 1.90. The number of hydrogen-bond donors (Lipinski definition) is 1. The lowest BCUT2D eigenvalue weighted by Gasteiger charge is -2.05. The average Bonchev–Trinajstić information content (AvgIpc) is 3.06. The van der Waals surface area contributed by atoms with Gasteiger partial charge in [-0.25, -0.2) is 4.98 Å². The minimum absolute atomic E-state index is 0.163. The van der Waals surface area contributed by atoms with E-state index in [4.69, 9.17) is 16.1 Å². The molecular formula is C14H11ClN6O3. The number of hydrogen-bond acceptors (Lipinski definition) is 8. The molecule has 3 aromatic rings. The first-order valence-corrected chi connectivity index (χ1v) is 7.29. The highest BCUT2D eigenvalue weighted by Gasteiger charge is 2.12. The van der Waals surface area contributed by atoms with Crippen LogP contribution in [-0.2, 0) is 6.42 Å². The summed E-state index contributed by atoms with van der Waals surface area (Å²) < 4.78 is 5.15. The van der Waals surface area contributed by atoms with Crippen molar-refractivity contribution in [3.05, 3.63) is 57.6 Å². The van der Waals surface area contributed by atoms with Crippen molar-refractivity contribution in [2.75, 3.05) is 11.9 Å². The van der Waals surface area contributed by atoms with Gasteiger partial charge in [0, 0.05) is 25.2 Å². The van der Waals surface area contributed by atoms with Crippen LogP contribution in [0.3, 0.4) is 0 Å². The van der Waals surface area contributed by atoms with Crippen LogP contribution in [0.2, 0.25) is 5.02 Å². The van der Waals surface area contributed by atoms with E-state index in [1.165, 1.54) is 6.07 Å². The average molecular weight is 347 g/mol. The van der Waals surface area contributed by atoms with E-state index >= 15 is 0 Å². The van der Waals surface area contributed by atoms with E-state index in [1.807, 2.05) is 6.07 Å². The predicted octanol–water partition coefficient (Wildman–Crippen LogP) is 2.74. The number of anilines is 1. The Bertz CT molecular complexity index is 855. The third-order valence-electron chi connectivity index (χ3n) is 3.03. The number of rotatable bonds is 6. The van der Waals surface area contributed by atoms with Crippen LogP contribution in [0.15, 0.2) is 41.2 Å². The Hall–Kier alpha value is -3.07. The molecule has 24 heavy (non-hydrogen) atoms. The third-order valence-corrected chi connectivity index (χ3v) is 3.32. The van der Waals surface area contributed by atoms with E-state index < -0.39 is 4.92 Å². The fraction of sp³-hybridized carbons (Fsp3) is 0.143. The lowest BCUT2D eigenvalue weighted by Crippen LogP contribution is -2.08. The van der Waals surface area contributed by atoms with Crippen LogP contribution < -0.4 is 5.32 Å². The third kappa shape index (κ3) is 3.63. The number of nitrogens with one attached hydrogen (secondary N) is 1. The van der Waals surface area contributed by atoms with Crippen molar-refractivity contribution in [2.45, 2.75) is 6.42 Å². The number of pyridine rings is 2. The molecular weight excluding hydrogens is 336 g/mol. The summed E-state index contributed by atoms with van der Waals surface area (Å²) in [7, 11) is 0. The summed E-state index contributed by atoms with van der Waals surface area (Å²) in [6, 6.07) is 6.64. The number of nitro groups is 1. The number of aromatic nitrogens is 4. The van der Waals surface area contributed by atoms with Crippen LogP contribution in [0.5, 0.6) is 0 Å². The highest BCUT2D eigenvalue weighted by Crippen LogP contribution is 2.23. The van der Waals surface area contributed by atoms with E-state index in [1.54, 1.807) is 18.3 Å². The van der Waals surface area contributed by atoms with E-state index in [2.05, 4.69) is 25.4 Å². The molecule has 0 saturated heterocycles. The molecule has 9 nitrogen and oxygen atoms in total. The number of nitrogens with zero attached hydrogens (tertiary/aromatic N) is 5. The summed E-state index contributed by atoms with van der Waals surface area (Å²) in [5.74, 6) is 1.20. The Labute approximate surface area is 140 Å². The zero-order valence-electron chi connectivity index (χ0n) is 12.2. The second-order valence-corrected chi connectivity index (χ2v) is 5.10. The van der Waals surface area contributed by atoms with Gasteiger partial charge in [0.2, 0.25) is 0 Å². The van der Waals surface area contributed by atoms with Gasteiger partial charge in [0.05, 0.1) is 9.95 Å². The lowest BCUT2D eigenvalue weighted by molar-refractivity contribution is -0.385. The SMILES string of the molecule is O=[N+]([O-])c1cnc(NCCc2noc(-c3ccccn3)n2)c(Cl)c1. The molecule has 3 heterocycles. The minimum atomic E-state index is -0.554. The molecule has 3 aromatic heterocycles.